The number of hydrogen-bond donors (Lipinski definition) is 1. The molecule has 1 aliphatic heterocycles. The van der Waals surface area contributed by atoms with E-state index in [-0.39, 0.29) is 31.1 Å². The number of rotatable bonds is 3. The minimum Gasteiger partial charge on any atom is -0.326 e. The molecule has 2 N–H and O–H groups in total. The summed E-state index contributed by atoms with van der Waals surface area (Å²) in [4.78, 5) is -0.459. The van der Waals surface area contributed by atoms with Crippen LogP contribution in [0.15, 0.2) is 23.1 Å². The van der Waals surface area contributed by atoms with E-state index in [0.29, 0.717) is 5.56 Å². The summed E-state index contributed by atoms with van der Waals surface area (Å²) in [6.45, 7) is -0.217. The molecule has 0 saturated carbocycles. The van der Waals surface area contributed by atoms with Crippen molar-refractivity contribution in [3.05, 3.63) is 29.6 Å². The van der Waals surface area contributed by atoms with Gasteiger partial charge in [-0.05, 0) is 17.7 Å². The summed E-state index contributed by atoms with van der Waals surface area (Å²) in [5.41, 5.74) is 5.91. The molecule has 2 rings (SSSR count). The van der Waals surface area contributed by atoms with Gasteiger partial charge in [0.05, 0.1) is 11.5 Å². The van der Waals surface area contributed by atoms with Crippen molar-refractivity contribution in [1.82, 2.24) is 4.31 Å². The lowest BCUT2D eigenvalue weighted by Crippen LogP contribution is -2.43. The maximum Gasteiger partial charge on any atom is 0.246 e. The summed E-state index contributed by atoms with van der Waals surface area (Å²) in [5.74, 6) is -1.36. The topological polar surface area (TPSA) is 97.5 Å². The molecule has 1 fully saturated rings. The molecule has 0 spiro atoms. The van der Waals surface area contributed by atoms with Crippen molar-refractivity contribution in [2.24, 2.45) is 5.73 Å². The maximum absolute atomic E-state index is 13.7. The number of benzene rings is 1. The molecule has 112 valence electrons. The van der Waals surface area contributed by atoms with E-state index in [2.05, 4.69) is 0 Å². The highest BCUT2D eigenvalue weighted by molar-refractivity contribution is 7.92. The Balaban J connectivity index is 2.36. The Morgan fingerprint density at radius 3 is 2.40 bits per heavy atom. The SMILES string of the molecule is NCc1ccc(F)c(S(=O)(=O)N2CCS(=O)(=O)CC2)c1. The third kappa shape index (κ3) is 3.00. The molecule has 1 heterocycles. The Morgan fingerprint density at radius 2 is 1.85 bits per heavy atom. The average Bonchev–Trinajstić information content (AvgIpc) is 2.38. The summed E-state index contributed by atoms with van der Waals surface area (Å²) in [6.07, 6.45) is 0. The predicted molar refractivity (Wildman–Crippen MR) is 71.7 cm³/mol. The van der Waals surface area contributed by atoms with Crippen LogP contribution >= 0.6 is 0 Å². The van der Waals surface area contributed by atoms with E-state index in [1.807, 2.05) is 0 Å². The van der Waals surface area contributed by atoms with Crippen LogP contribution in [0.3, 0.4) is 0 Å². The van der Waals surface area contributed by atoms with Gasteiger partial charge in [0.2, 0.25) is 10.0 Å². The highest BCUT2D eigenvalue weighted by Gasteiger charge is 2.32. The Kier molecular flexibility index (Phi) is 4.14. The van der Waals surface area contributed by atoms with Crippen molar-refractivity contribution in [3.8, 4) is 0 Å². The molecule has 1 aromatic carbocycles. The van der Waals surface area contributed by atoms with Gasteiger partial charge in [0.25, 0.3) is 0 Å². The second kappa shape index (κ2) is 5.40. The fourth-order valence-corrected chi connectivity index (χ4v) is 4.94. The van der Waals surface area contributed by atoms with Gasteiger partial charge in [-0.25, -0.2) is 21.2 Å². The largest absolute Gasteiger partial charge is 0.326 e. The highest BCUT2D eigenvalue weighted by Crippen LogP contribution is 2.22. The van der Waals surface area contributed by atoms with Crippen LogP contribution in [-0.2, 0) is 26.4 Å². The van der Waals surface area contributed by atoms with Crippen molar-refractivity contribution in [1.29, 1.82) is 0 Å². The fraction of sp³-hybridized carbons (Fsp3) is 0.455. The Bertz CT molecular complexity index is 702. The molecule has 0 bridgehead atoms. The minimum atomic E-state index is -4.04. The van der Waals surface area contributed by atoms with E-state index in [1.165, 1.54) is 12.1 Å². The molecule has 1 aromatic rings. The van der Waals surface area contributed by atoms with Crippen LogP contribution < -0.4 is 5.73 Å². The predicted octanol–water partition coefficient (Wildman–Crippen LogP) is -0.296. The highest BCUT2D eigenvalue weighted by atomic mass is 32.2. The first kappa shape index (κ1) is 15.4. The van der Waals surface area contributed by atoms with Crippen LogP contribution in [0.1, 0.15) is 5.56 Å². The van der Waals surface area contributed by atoms with Crippen molar-refractivity contribution in [2.45, 2.75) is 11.4 Å². The van der Waals surface area contributed by atoms with E-state index in [1.54, 1.807) is 0 Å². The van der Waals surface area contributed by atoms with Gasteiger partial charge in [0.1, 0.15) is 10.7 Å². The van der Waals surface area contributed by atoms with Gasteiger partial charge in [0.15, 0.2) is 9.84 Å². The van der Waals surface area contributed by atoms with Gasteiger partial charge in [-0.1, -0.05) is 6.07 Å². The normalized spacial score (nSPS) is 19.9. The molecule has 20 heavy (non-hydrogen) atoms. The Hall–Kier alpha value is -1.03. The van der Waals surface area contributed by atoms with Gasteiger partial charge in [0, 0.05) is 19.6 Å². The first-order valence-corrected chi connectivity index (χ1v) is 9.21. The third-order valence-corrected chi connectivity index (χ3v) is 6.68. The molecule has 1 saturated heterocycles. The number of halogens is 1. The number of hydrogen-bond acceptors (Lipinski definition) is 5. The van der Waals surface area contributed by atoms with Crippen LogP contribution in [0.4, 0.5) is 4.39 Å². The molecule has 0 radical (unpaired) electrons. The van der Waals surface area contributed by atoms with Gasteiger partial charge in [-0.3, -0.25) is 0 Å². The van der Waals surface area contributed by atoms with Crippen molar-refractivity contribution < 1.29 is 21.2 Å². The molecule has 0 aliphatic carbocycles. The lowest BCUT2D eigenvalue weighted by atomic mass is 10.2. The molecule has 0 atom stereocenters. The summed E-state index contributed by atoms with van der Waals surface area (Å²) in [7, 11) is -7.24. The van der Waals surface area contributed by atoms with Crippen LogP contribution in [0.5, 0.6) is 0 Å². The van der Waals surface area contributed by atoms with Crippen LogP contribution in [0, 0.1) is 5.82 Å². The molecule has 0 amide bonds. The minimum absolute atomic E-state index is 0.0944. The standard InChI is InChI=1S/C11H15FN2O4S2/c12-10-2-1-9(8-13)7-11(10)20(17,18)14-3-5-19(15,16)6-4-14/h1-2,7H,3-6,8,13H2. The molecule has 0 aromatic heterocycles. The van der Waals surface area contributed by atoms with E-state index in [9.17, 15) is 21.2 Å². The summed E-state index contributed by atoms with van der Waals surface area (Å²) < 4.78 is 62.0. The molecule has 1 aliphatic rings. The first-order valence-electron chi connectivity index (χ1n) is 5.95. The molecular weight excluding hydrogens is 307 g/mol. The zero-order chi connectivity index (χ0) is 15.0. The number of nitrogens with zero attached hydrogens (tertiary/aromatic N) is 1. The third-order valence-electron chi connectivity index (χ3n) is 3.15. The zero-order valence-electron chi connectivity index (χ0n) is 10.6. The molecule has 9 heteroatoms. The number of sulfone groups is 1. The quantitative estimate of drug-likeness (QED) is 0.824. The molecule has 6 nitrogen and oxygen atoms in total. The number of sulfonamides is 1. The second-order valence-electron chi connectivity index (χ2n) is 4.52. The van der Waals surface area contributed by atoms with Crippen LogP contribution in [0.2, 0.25) is 0 Å². The van der Waals surface area contributed by atoms with E-state index in [4.69, 9.17) is 5.73 Å². The van der Waals surface area contributed by atoms with Gasteiger partial charge >= 0.3 is 0 Å². The summed E-state index contributed by atoms with van der Waals surface area (Å²) in [5, 5.41) is 0. The molecular formula is C11H15FN2O4S2. The smallest absolute Gasteiger partial charge is 0.246 e. The lowest BCUT2D eigenvalue weighted by Gasteiger charge is -2.26. The zero-order valence-corrected chi connectivity index (χ0v) is 12.3. The lowest BCUT2D eigenvalue weighted by molar-refractivity contribution is 0.426. The fourth-order valence-electron chi connectivity index (χ4n) is 1.95. The molecule has 0 unspecified atom stereocenters. The van der Waals surface area contributed by atoms with E-state index < -0.39 is 30.6 Å². The number of nitrogens with two attached hydrogens (primary N) is 1. The maximum atomic E-state index is 13.7. The first-order chi connectivity index (χ1) is 9.26. The van der Waals surface area contributed by atoms with Gasteiger partial charge < -0.3 is 5.73 Å². The van der Waals surface area contributed by atoms with E-state index >= 15 is 0 Å². The van der Waals surface area contributed by atoms with Gasteiger partial charge in [-0.15, -0.1) is 0 Å². The summed E-state index contributed by atoms with van der Waals surface area (Å²) >= 11 is 0. The average molecular weight is 322 g/mol. The summed E-state index contributed by atoms with van der Waals surface area (Å²) in [6, 6.07) is 3.65. The van der Waals surface area contributed by atoms with Crippen molar-refractivity contribution in [2.75, 3.05) is 24.6 Å². The monoisotopic (exact) mass is 322 g/mol. The van der Waals surface area contributed by atoms with Gasteiger partial charge in [-0.2, -0.15) is 4.31 Å². The van der Waals surface area contributed by atoms with Crippen molar-refractivity contribution in [3.63, 3.8) is 0 Å². The second-order valence-corrected chi connectivity index (χ2v) is 8.73. The van der Waals surface area contributed by atoms with E-state index in [0.717, 1.165) is 10.4 Å². The van der Waals surface area contributed by atoms with Crippen LogP contribution in [-0.4, -0.2) is 45.7 Å². The van der Waals surface area contributed by atoms with Crippen LogP contribution in [0.25, 0.3) is 0 Å². The van der Waals surface area contributed by atoms with Crippen molar-refractivity contribution >= 4 is 19.9 Å². The Labute approximate surface area is 117 Å². The Morgan fingerprint density at radius 1 is 1.25 bits per heavy atom.